The van der Waals surface area contributed by atoms with Crippen molar-refractivity contribution in [3.63, 3.8) is 0 Å². The van der Waals surface area contributed by atoms with Gasteiger partial charge in [0.05, 0.1) is 18.3 Å². The third-order valence-corrected chi connectivity index (χ3v) is 4.92. The molecular weight excluding hydrogens is 352 g/mol. The van der Waals surface area contributed by atoms with E-state index >= 15 is 0 Å². The van der Waals surface area contributed by atoms with Crippen molar-refractivity contribution in [2.24, 2.45) is 0 Å². The summed E-state index contributed by atoms with van der Waals surface area (Å²) in [6.45, 7) is 1.65. The molecule has 0 bridgehead atoms. The molecule has 0 N–H and O–H groups in total. The lowest BCUT2D eigenvalue weighted by Crippen LogP contribution is -2.31. The maximum atomic E-state index is 5.25. The predicted molar refractivity (Wildman–Crippen MR) is 106 cm³/mol. The first-order valence-corrected chi connectivity index (χ1v) is 9.12. The Morgan fingerprint density at radius 3 is 2.68 bits per heavy atom. The molecule has 0 amide bonds. The minimum Gasteiger partial charge on any atom is -0.481 e. The van der Waals surface area contributed by atoms with Gasteiger partial charge in [-0.05, 0) is 24.3 Å². The van der Waals surface area contributed by atoms with Gasteiger partial charge in [0.25, 0.3) is 0 Å². The van der Waals surface area contributed by atoms with Crippen molar-refractivity contribution in [2.75, 3.05) is 18.6 Å². The first-order valence-electron chi connectivity index (χ1n) is 9.12. The van der Waals surface area contributed by atoms with Crippen LogP contribution in [0.2, 0.25) is 0 Å². The van der Waals surface area contributed by atoms with Gasteiger partial charge in [-0.15, -0.1) is 0 Å². The number of nitrogens with zero attached hydrogens (tertiary/aromatic N) is 6. The Kier molecular flexibility index (Phi) is 4.05. The molecule has 0 radical (unpaired) electrons. The van der Waals surface area contributed by atoms with Crippen LogP contribution in [0, 0.1) is 0 Å². The van der Waals surface area contributed by atoms with Crippen molar-refractivity contribution in [2.45, 2.75) is 13.0 Å². The molecule has 0 spiro atoms. The van der Waals surface area contributed by atoms with E-state index < -0.39 is 0 Å². The van der Waals surface area contributed by atoms with Gasteiger partial charge in [0.15, 0.2) is 11.6 Å². The van der Waals surface area contributed by atoms with E-state index in [0.29, 0.717) is 17.5 Å². The van der Waals surface area contributed by atoms with E-state index in [4.69, 9.17) is 9.72 Å². The monoisotopic (exact) mass is 370 g/mol. The number of rotatable bonds is 3. The molecule has 0 saturated carbocycles. The maximum Gasteiger partial charge on any atom is 0.213 e. The molecular formula is C21H18N6O. The normalized spacial score (nSPS) is 13.4. The zero-order valence-corrected chi connectivity index (χ0v) is 15.4. The van der Waals surface area contributed by atoms with Crippen LogP contribution >= 0.6 is 0 Å². The smallest absolute Gasteiger partial charge is 0.213 e. The molecule has 0 atom stereocenters. The molecule has 7 heteroatoms. The molecule has 0 aliphatic carbocycles. The number of ether oxygens (including phenoxy) is 1. The molecule has 0 fully saturated rings. The lowest BCUT2D eigenvalue weighted by molar-refractivity contribution is 0.399. The van der Waals surface area contributed by atoms with Crippen molar-refractivity contribution in [3.8, 4) is 17.5 Å². The van der Waals surface area contributed by atoms with Crippen LogP contribution in [0.25, 0.3) is 22.6 Å². The van der Waals surface area contributed by atoms with Crippen LogP contribution in [0.15, 0.2) is 55.0 Å². The summed E-state index contributed by atoms with van der Waals surface area (Å²) < 4.78 is 5.25. The zero-order chi connectivity index (χ0) is 18.9. The fourth-order valence-corrected chi connectivity index (χ4v) is 3.46. The number of aromatic nitrogens is 5. The Balaban J connectivity index is 1.43. The van der Waals surface area contributed by atoms with Gasteiger partial charge in [-0.2, -0.15) is 0 Å². The quantitative estimate of drug-likeness (QED) is 0.548. The molecule has 5 rings (SSSR count). The molecule has 138 valence electrons. The molecule has 7 nitrogen and oxygen atoms in total. The molecule has 4 heterocycles. The van der Waals surface area contributed by atoms with Crippen LogP contribution in [0.1, 0.15) is 11.3 Å². The van der Waals surface area contributed by atoms with Crippen LogP contribution in [0.4, 0.5) is 5.69 Å². The van der Waals surface area contributed by atoms with Crippen LogP contribution < -0.4 is 9.64 Å². The average molecular weight is 370 g/mol. The van der Waals surface area contributed by atoms with Crippen molar-refractivity contribution < 1.29 is 4.74 Å². The van der Waals surface area contributed by atoms with E-state index in [1.165, 1.54) is 0 Å². The Labute approximate surface area is 162 Å². The SMILES string of the molecule is COc1ccc2ccc(N3CCc4nc(-c5ncccn5)ncc4C3)cc2n1. The van der Waals surface area contributed by atoms with Crippen molar-refractivity contribution >= 4 is 16.6 Å². The van der Waals surface area contributed by atoms with Gasteiger partial charge in [-0.1, -0.05) is 6.07 Å². The summed E-state index contributed by atoms with van der Waals surface area (Å²) in [4.78, 5) is 24.5. The largest absolute Gasteiger partial charge is 0.481 e. The second-order valence-corrected chi connectivity index (χ2v) is 6.64. The summed E-state index contributed by atoms with van der Waals surface area (Å²) in [5.41, 5.74) is 4.25. The van der Waals surface area contributed by atoms with E-state index in [-0.39, 0.29) is 0 Å². The number of fused-ring (bicyclic) bond motifs is 2. The van der Waals surface area contributed by atoms with Crippen LogP contribution in [-0.2, 0) is 13.0 Å². The summed E-state index contributed by atoms with van der Waals surface area (Å²) in [7, 11) is 1.63. The zero-order valence-electron chi connectivity index (χ0n) is 15.4. The molecule has 1 aliphatic heterocycles. The van der Waals surface area contributed by atoms with Crippen molar-refractivity contribution in [1.82, 2.24) is 24.9 Å². The molecule has 1 aliphatic rings. The topological polar surface area (TPSA) is 76.9 Å². The number of methoxy groups -OCH3 is 1. The molecule has 28 heavy (non-hydrogen) atoms. The van der Waals surface area contributed by atoms with E-state index in [0.717, 1.165) is 47.4 Å². The lowest BCUT2D eigenvalue weighted by atomic mass is 10.1. The van der Waals surface area contributed by atoms with Gasteiger partial charge in [0.1, 0.15) is 0 Å². The number of hydrogen-bond acceptors (Lipinski definition) is 7. The Morgan fingerprint density at radius 1 is 0.964 bits per heavy atom. The molecule has 0 saturated heterocycles. The fraction of sp³-hybridized carbons (Fsp3) is 0.190. The third-order valence-electron chi connectivity index (χ3n) is 4.92. The van der Waals surface area contributed by atoms with Gasteiger partial charge >= 0.3 is 0 Å². The second kappa shape index (κ2) is 6.84. The minimum absolute atomic E-state index is 0.558. The highest BCUT2D eigenvalue weighted by Crippen LogP contribution is 2.27. The summed E-state index contributed by atoms with van der Waals surface area (Å²) in [6.07, 6.45) is 6.15. The standard InChI is InChI=1S/C21H18N6O/c1-28-19-6-4-14-3-5-16(11-18(14)25-19)27-10-7-17-15(13-27)12-24-21(26-17)20-22-8-2-9-23-20/h2-6,8-9,11-12H,7,10,13H2,1H3. The predicted octanol–water partition coefficient (Wildman–Crippen LogP) is 3.05. The maximum absolute atomic E-state index is 5.25. The highest BCUT2D eigenvalue weighted by molar-refractivity contribution is 5.83. The lowest BCUT2D eigenvalue weighted by Gasteiger charge is -2.30. The average Bonchev–Trinajstić information content (AvgIpc) is 2.78. The summed E-state index contributed by atoms with van der Waals surface area (Å²) >= 11 is 0. The van der Waals surface area contributed by atoms with E-state index in [1.807, 2.05) is 18.3 Å². The third kappa shape index (κ3) is 3.00. The number of benzene rings is 1. The summed E-state index contributed by atoms with van der Waals surface area (Å²) in [5.74, 6) is 1.76. The Morgan fingerprint density at radius 2 is 1.82 bits per heavy atom. The number of anilines is 1. The fourth-order valence-electron chi connectivity index (χ4n) is 3.46. The van der Waals surface area contributed by atoms with E-state index in [9.17, 15) is 0 Å². The highest BCUT2D eigenvalue weighted by Gasteiger charge is 2.20. The Bertz CT molecular complexity index is 1150. The van der Waals surface area contributed by atoms with E-state index in [1.54, 1.807) is 25.6 Å². The van der Waals surface area contributed by atoms with Crippen LogP contribution in [0.3, 0.4) is 0 Å². The van der Waals surface area contributed by atoms with Gasteiger partial charge in [0, 0.05) is 60.8 Å². The van der Waals surface area contributed by atoms with E-state index in [2.05, 4.69) is 43.0 Å². The van der Waals surface area contributed by atoms with Crippen molar-refractivity contribution in [3.05, 3.63) is 66.2 Å². The molecule has 1 aromatic carbocycles. The van der Waals surface area contributed by atoms with Gasteiger partial charge in [-0.3, -0.25) is 0 Å². The molecule has 0 unspecified atom stereocenters. The molecule has 3 aromatic heterocycles. The highest BCUT2D eigenvalue weighted by atomic mass is 16.5. The number of hydrogen-bond donors (Lipinski definition) is 0. The second-order valence-electron chi connectivity index (χ2n) is 6.64. The van der Waals surface area contributed by atoms with Crippen LogP contribution in [-0.4, -0.2) is 38.6 Å². The summed E-state index contributed by atoms with van der Waals surface area (Å²) in [6, 6.07) is 12.0. The van der Waals surface area contributed by atoms with Gasteiger partial charge in [-0.25, -0.2) is 24.9 Å². The minimum atomic E-state index is 0.558. The number of pyridine rings is 1. The first kappa shape index (κ1) is 16.6. The van der Waals surface area contributed by atoms with Crippen LogP contribution in [0.5, 0.6) is 5.88 Å². The first-order chi connectivity index (χ1) is 13.8. The molecule has 4 aromatic rings. The summed E-state index contributed by atoms with van der Waals surface area (Å²) in [5, 5.41) is 1.10. The van der Waals surface area contributed by atoms with Crippen molar-refractivity contribution in [1.29, 1.82) is 0 Å². The Hall–Kier alpha value is -3.61. The van der Waals surface area contributed by atoms with Gasteiger partial charge in [0.2, 0.25) is 5.88 Å². The van der Waals surface area contributed by atoms with Gasteiger partial charge < -0.3 is 9.64 Å².